The number of sulfonamides is 1. The Kier molecular flexibility index (Phi) is 5.57. The first-order valence-electron chi connectivity index (χ1n) is 7.70. The number of nitrogens with one attached hydrogen (secondary N) is 1. The van der Waals surface area contributed by atoms with Gasteiger partial charge in [0, 0.05) is 31.9 Å². The zero-order chi connectivity index (χ0) is 16.2. The van der Waals surface area contributed by atoms with Crippen molar-refractivity contribution in [2.45, 2.75) is 45.2 Å². The monoisotopic (exact) mass is 328 g/mol. The molecule has 1 aliphatic heterocycles. The zero-order valence-electron chi connectivity index (χ0n) is 13.2. The van der Waals surface area contributed by atoms with Crippen molar-refractivity contribution >= 4 is 15.9 Å². The Bertz CT molecular complexity index is 611. The van der Waals surface area contributed by atoms with E-state index >= 15 is 0 Å². The minimum absolute atomic E-state index is 0.0590. The third-order valence-electron chi connectivity index (χ3n) is 3.91. The molecule has 124 valence electrons. The maximum Gasteiger partial charge on any atom is 0.274 e. The molecule has 2 heterocycles. The van der Waals surface area contributed by atoms with Gasteiger partial charge in [-0.05, 0) is 38.7 Å². The third kappa shape index (κ3) is 4.54. The summed E-state index contributed by atoms with van der Waals surface area (Å²) in [4.78, 5) is 14.5. The normalized spacial score (nSPS) is 19.4. The molecule has 1 aliphatic rings. The molecule has 0 aromatic carbocycles. The van der Waals surface area contributed by atoms with E-state index in [0.29, 0.717) is 25.2 Å². The summed E-state index contributed by atoms with van der Waals surface area (Å²) in [5.74, 6) is -0.0590. The number of hydrogen-bond acceptors (Lipinski definition) is 4. The smallest absolute Gasteiger partial charge is 0.274 e. The van der Waals surface area contributed by atoms with Crippen LogP contribution in [-0.4, -0.2) is 54.4 Å². The molecule has 0 aliphatic carbocycles. The molecule has 7 nitrogen and oxygen atoms in total. The number of carbonyl (C=O) groups is 1. The van der Waals surface area contributed by atoms with Crippen molar-refractivity contribution in [1.82, 2.24) is 19.4 Å². The number of rotatable bonds is 6. The minimum Gasteiger partial charge on any atom is -0.334 e. The predicted molar refractivity (Wildman–Crippen MR) is 84.0 cm³/mol. The van der Waals surface area contributed by atoms with Gasteiger partial charge in [0.05, 0.1) is 6.26 Å². The molecular formula is C14H24N4O3S. The van der Waals surface area contributed by atoms with Gasteiger partial charge < -0.3 is 4.90 Å². The van der Waals surface area contributed by atoms with Crippen molar-refractivity contribution in [2.24, 2.45) is 0 Å². The Balaban J connectivity index is 2.00. The van der Waals surface area contributed by atoms with Crippen molar-refractivity contribution in [3.05, 3.63) is 18.0 Å². The van der Waals surface area contributed by atoms with Crippen molar-refractivity contribution in [2.75, 3.05) is 19.3 Å². The Morgan fingerprint density at radius 3 is 2.86 bits per heavy atom. The average Bonchev–Trinajstić information content (AvgIpc) is 2.95. The van der Waals surface area contributed by atoms with Crippen molar-refractivity contribution < 1.29 is 13.2 Å². The van der Waals surface area contributed by atoms with Gasteiger partial charge in [0.1, 0.15) is 5.69 Å². The highest BCUT2D eigenvalue weighted by molar-refractivity contribution is 7.88. The molecule has 22 heavy (non-hydrogen) atoms. The van der Waals surface area contributed by atoms with Crippen LogP contribution in [0.1, 0.15) is 43.1 Å². The summed E-state index contributed by atoms with van der Waals surface area (Å²) in [7, 11) is -3.18. The minimum atomic E-state index is -3.18. The Morgan fingerprint density at radius 1 is 1.45 bits per heavy atom. The number of piperidine rings is 1. The quantitative estimate of drug-likeness (QED) is 0.838. The molecule has 1 aromatic rings. The summed E-state index contributed by atoms with van der Waals surface area (Å²) in [6.07, 6.45) is 6.54. The molecule has 1 amide bonds. The number of carbonyl (C=O) groups excluding carboxylic acids is 1. The standard InChI is InChI=1S/C14H24N4O3S/c1-3-17-11-8-13(16-17)14(19)18-10-5-4-6-12(18)7-9-15-22(2,20)21/h8,11-12,15H,3-7,9-10H2,1-2H3. The first-order valence-corrected chi connectivity index (χ1v) is 9.59. The van der Waals surface area contributed by atoms with Crippen LogP contribution >= 0.6 is 0 Å². The maximum absolute atomic E-state index is 12.6. The van der Waals surface area contributed by atoms with Crippen LogP contribution in [0.5, 0.6) is 0 Å². The molecule has 2 rings (SSSR count). The van der Waals surface area contributed by atoms with E-state index < -0.39 is 10.0 Å². The van der Waals surface area contributed by atoms with Crippen LogP contribution in [-0.2, 0) is 16.6 Å². The molecule has 1 aromatic heterocycles. The van der Waals surface area contributed by atoms with Gasteiger partial charge in [-0.15, -0.1) is 0 Å². The van der Waals surface area contributed by atoms with Gasteiger partial charge in [0.2, 0.25) is 10.0 Å². The molecule has 0 bridgehead atoms. The number of likely N-dealkylation sites (tertiary alicyclic amines) is 1. The SMILES string of the molecule is CCn1ccc(C(=O)N2CCCCC2CCNS(C)(=O)=O)n1. The molecule has 1 unspecified atom stereocenters. The van der Waals surface area contributed by atoms with Crippen LogP contribution in [0, 0.1) is 0 Å². The van der Waals surface area contributed by atoms with Crippen LogP contribution < -0.4 is 4.72 Å². The van der Waals surface area contributed by atoms with Gasteiger partial charge >= 0.3 is 0 Å². The fourth-order valence-corrected chi connectivity index (χ4v) is 3.27. The largest absolute Gasteiger partial charge is 0.334 e. The lowest BCUT2D eigenvalue weighted by molar-refractivity contribution is 0.0597. The highest BCUT2D eigenvalue weighted by atomic mass is 32.2. The highest BCUT2D eigenvalue weighted by Crippen LogP contribution is 2.21. The van der Waals surface area contributed by atoms with E-state index in [4.69, 9.17) is 0 Å². The predicted octanol–water partition coefficient (Wildman–Crippen LogP) is 0.837. The van der Waals surface area contributed by atoms with Crippen molar-refractivity contribution in [3.63, 3.8) is 0 Å². The lowest BCUT2D eigenvalue weighted by Crippen LogP contribution is -2.45. The van der Waals surface area contributed by atoms with Gasteiger partial charge in [-0.25, -0.2) is 13.1 Å². The summed E-state index contributed by atoms with van der Waals surface area (Å²) in [5, 5.41) is 4.27. The van der Waals surface area contributed by atoms with Crippen LogP contribution in [0.25, 0.3) is 0 Å². The van der Waals surface area contributed by atoms with E-state index in [1.807, 2.05) is 11.8 Å². The van der Waals surface area contributed by atoms with Crippen LogP contribution in [0.3, 0.4) is 0 Å². The Morgan fingerprint density at radius 2 is 2.23 bits per heavy atom. The first-order chi connectivity index (χ1) is 10.4. The summed E-state index contributed by atoms with van der Waals surface area (Å²) in [6.45, 7) is 3.77. The van der Waals surface area contributed by atoms with Gasteiger partial charge in [-0.2, -0.15) is 5.10 Å². The molecular weight excluding hydrogens is 304 g/mol. The fourth-order valence-electron chi connectivity index (χ4n) is 2.78. The lowest BCUT2D eigenvalue weighted by Gasteiger charge is -2.35. The third-order valence-corrected chi connectivity index (χ3v) is 4.64. The van der Waals surface area contributed by atoms with E-state index in [1.54, 1.807) is 16.9 Å². The highest BCUT2D eigenvalue weighted by Gasteiger charge is 2.28. The van der Waals surface area contributed by atoms with E-state index in [1.165, 1.54) is 0 Å². The average molecular weight is 328 g/mol. The zero-order valence-corrected chi connectivity index (χ0v) is 14.0. The van der Waals surface area contributed by atoms with Gasteiger partial charge in [-0.1, -0.05) is 0 Å². The topological polar surface area (TPSA) is 84.3 Å². The summed E-state index contributed by atoms with van der Waals surface area (Å²) >= 11 is 0. The summed E-state index contributed by atoms with van der Waals surface area (Å²) < 4.78 is 26.5. The van der Waals surface area contributed by atoms with Crippen LogP contribution in [0.15, 0.2) is 12.3 Å². The van der Waals surface area contributed by atoms with E-state index in [9.17, 15) is 13.2 Å². The number of aromatic nitrogens is 2. The number of amides is 1. The Hall–Kier alpha value is -1.41. The fraction of sp³-hybridized carbons (Fsp3) is 0.714. The number of hydrogen-bond donors (Lipinski definition) is 1. The molecule has 8 heteroatoms. The van der Waals surface area contributed by atoms with Crippen molar-refractivity contribution in [3.8, 4) is 0 Å². The van der Waals surface area contributed by atoms with E-state index in [2.05, 4.69) is 9.82 Å². The van der Waals surface area contributed by atoms with Crippen LogP contribution in [0.2, 0.25) is 0 Å². The van der Waals surface area contributed by atoms with Crippen molar-refractivity contribution in [1.29, 1.82) is 0 Å². The van der Waals surface area contributed by atoms with Crippen LogP contribution in [0.4, 0.5) is 0 Å². The van der Waals surface area contributed by atoms with Gasteiger partial charge in [-0.3, -0.25) is 9.48 Å². The lowest BCUT2D eigenvalue weighted by atomic mass is 9.99. The maximum atomic E-state index is 12.6. The number of nitrogens with zero attached hydrogens (tertiary/aromatic N) is 3. The second-order valence-electron chi connectivity index (χ2n) is 5.66. The Labute approximate surface area is 131 Å². The van der Waals surface area contributed by atoms with E-state index in [0.717, 1.165) is 32.1 Å². The summed E-state index contributed by atoms with van der Waals surface area (Å²) in [5.41, 5.74) is 0.463. The second kappa shape index (κ2) is 7.23. The molecule has 0 saturated carbocycles. The molecule has 0 spiro atoms. The summed E-state index contributed by atoms with van der Waals surface area (Å²) in [6, 6.07) is 1.81. The van der Waals surface area contributed by atoms with Gasteiger partial charge in [0.25, 0.3) is 5.91 Å². The number of aryl methyl sites for hydroxylation is 1. The second-order valence-corrected chi connectivity index (χ2v) is 7.49. The molecule has 1 fully saturated rings. The van der Waals surface area contributed by atoms with E-state index in [-0.39, 0.29) is 11.9 Å². The molecule has 1 N–H and O–H groups in total. The molecule has 1 saturated heterocycles. The van der Waals surface area contributed by atoms with Gasteiger partial charge in [0.15, 0.2) is 0 Å². The molecule has 1 atom stereocenters. The first kappa shape index (κ1) is 17.0. The molecule has 0 radical (unpaired) electrons.